The molecule has 0 spiro atoms. The fourth-order valence-corrected chi connectivity index (χ4v) is 2.32. The quantitative estimate of drug-likeness (QED) is 0.559. The zero-order chi connectivity index (χ0) is 14.3. The van der Waals surface area contributed by atoms with Gasteiger partial charge in [-0.25, -0.2) is 0 Å². The van der Waals surface area contributed by atoms with Crippen molar-refractivity contribution in [3.8, 4) is 0 Å². The van der Waals surface area contributed by atoms with E-state index in [1.807, 2.05) is 19.2 Å². The molecule has 0 amide bonds. The van der Waals surface area contributed by atoms with Gasteiger partial charge < -0.3 is 19.9 Å². The first-order chi connectivity index (χ1) is 9.78. The van der Waals surface area contributed by atoms with Gasteiger partial charge in [-0.05, 0) is 36.8 Å². The van der Waals surface area contributed by atoms with Crippen molar-refractivity contribution in [3.63, 3.8) is 0 Å². The summed E-state index contributed by atoms with van der Waals surface area (Å²) in [4.78, 5) is 4.27. The Morgan fingerprint density at radius 3 is 2.65 bits per heavy atom. The van der Waals surface area contributed by atoms with Gasteiger partial charge in [-0.1, -0.05) is 0 Å². The third-order valence-electron chi connectivity index (χ3n) is 3.98. The van der Waals surface area contributed by atoms with Gasteiger partial charge in [0.25, 0.3) is 0 Å². The lowest BCUT2D eigenvalue weighted by molar-refractivity contribution is 0.172. The number of ether oxygens (including phenoxy) is 1. The molecule has 1 aliphatic rings. The summed E-state index contributed by atoms with van der Waals surface area (Å²) in [5, 5.41) is 6.79. The van der Waals surface area contributed by atoms with E-state index in [9.17, 15) is 0 Å². The number of rotatable bonds is 8. The van der Waals surface area contributed by atoms with Crippen LogP contribution in [0, 0.1) is 5.41 Å². The minimum absolute atomic E-state index is 0.439. The Morgan fingerprint density at radius 1 is 1.30 bits per heavy atom. The summed E-state index contributed by atoms with van der Waals surface area (Å²) in [6.45, 7) is 3.66. The lowest BCUT2D eigenvalue weighted by atomic mass is 10.0. The Balaban J connectivity index is 1.65. The highest BCUT2D eigenvalue weighted by Crippen LogP contribution is 2.48. The molecule has 2 rings (SSSR count). The third-order valence-corrected chi connectivity index (χ3v) is 3.98. The number of nitrogens with one attached hydrogen (secondary N) is 2. The van der Waals surface area contributed by atoms with Crippen molar-refractivity contribution < 1.29 is 4.74 Å². The van der Waals surface area contributed by atoms with E-state index in [4.69, 9.17) is 4.74 Å². The minimum atomic E-state index is 0.439. The lowest BCUT2D eigenvalue weighted by Gasteiger charge is -2.18. The Morgan fingerprint density at radius 2 is 2.05 bits per heavy atom. The average molecular weight is 278 g/mol. The summed E-state index contributed by atoms with van der Waals surface area (Å²) in [6, 6.07) is 4.08. The fraction of sp³-hybridized carbons (Fsp3) is 0.667. The van der Waals surface area contributed by atoms with Gasteiger partial charge in [-0.2, -0.15) is 0 Å². The van der Waals surface area contributed by atoms with Gasteiger partial charge in [0.1, 0.15) is 0 Å². The molecule has 1 aromatic heterocycles. The molecule has 20 heavy (non-hydrogen) atoms. The van der Waals surface area contributed by atoms with Crippen molar-refractivity contribution in [2.45, 2.75) is 25.8 Å². The van der Waals surface area contributed by atoms with Gasteiger partial charge in [-0.3, -0.25) is 4.99 Å². The van der Waals surface area contributed by atoms with Gasteiger partial charge in [0.2, 0.25) is 0 Å². The van der Waals surface area contributed by atoms with Crippen LogP contribution in [0.5, 0.6) is 0 Å². The molecular weight excluding hydrogens is 252 g/mol. The molecule has 0 saturated heterocycles. The molecule has 0 aromatic carbocycles. The normalized spacial score (nSPS) is 17.0. The van der Waals surface area contributed by atoms with Gasteiger partial charge in [0.15, 0.2) is 5.96 Å². The van der Waals surface area contributed by atoms with Gasteiger partial charge in [-0.15, -0.1) is 0 Å². The first kappa shape index (κ1) is 14.9. The molecular formula is C15H26N4O. The maximum atomic E-state index is 5.18. The molecule has 2 N–H and O–H groups in total. The van der Waals surface area contributed by atoms with Crippen LogP contribution in [0.25, 0.3) is 0 Å². The summed E-state index contributed by atoms with van der Waals surface area (Å²) < 4.78 is 7.33. The average Bonchev–Trinajstić information content (AvgIpc) is 3.05. The minimum Gasteiger partial charge on any atom is -0.385 e. The highest BCUT2D eigenvalue weighted by Gasteiger charge is 2.41. The summed E-state index contributed by atoms with van der Waals surface area (Å²) in [5.74, 6) is 0.890. The van der Waals surface area contributed by atoms with Gasteiger partial charge >= 0.3 is 0 Å². The first-order valence-corrected chi connectivity index (χ1v) is 7.32. The molecule has 5 nitrogen and oxygen atoms in total. The predicted octanol–water partition coefficient (Wildman–Crippen LogP) is 1.47. The lowest BCUT2D eigenvalue weighted by Crippen LogP contribution is -2.41. The second kappa shape index (κ2) is 7.33. The number of guanidine groups is 1. The van der Waals surface area contributed by atoms with E-state index >= 15 is 0 Å². The van der Waals surface area contributed by atoms with Crippen LogP contribution < -0.4 is 10.6 Å². The molecule has 1 saturated carbocycles. The van der Waals surface area contributed by atoms with Crippen LogP contribution in [-0.2, 0) is 11.3 Å². The summed E-state index contributed by atoms with van der Waals surface area (Å²) in [7, 11) is 3.59. The highest BCUT2D eigenvalue weighted by molar-refractivity contribution is 5.79. The zero-order valence-electron chi connectivity index (χ0n) is 12.6. The van der Waals surface area contributed by atoms with Crippen molar-refractivity contribution in [2.75, 3.05) is 33.9 Å². The van der Waals surface area contributed by atoms with Crippen LogP contribution in [0.1, 0.15) is 19.3 Å². The second-order valence-electron chi connectivity index (χ2n) is 5.52. The van der Waals surface area contributed by atoms with E-state index in [-0.39, 0.29) is 0 Å². The van der Waals surface area contributed by atoms with Crippen molar-refractivity contribution in [1.82, 2.24) is 15.2 Å². The number of nitrogens with zero attached hydrogens (tertiary/aromatic N) is 2. The SMILES string of the molecule is CN=C(NCCn1cccc1)NCC1(CCOC)CC1. The van der Waals surface area contributed by atoms with Crippen molar-refractivity contribution in [3.05, 3.63) is 24.5 Å². The summed E-state index contributed by atoms with van der Waals surface area (Å²) >= 11 is 0. The van der Waals surface area contributed by atoms with E-state index in [1.54, 1.807) is 7.11 Å². The van der Waals surface area contributed by atoms with Gasteiger partial charge in [0, 0.05) is 52.8 Å². The first-order valence-electron chi connectivity index (χ1n) is 7.32. The molecule has 1 aliphatic carbocycles. The number of hydrogen-bond acceptors (Lipinski definition) is 2. The Kier molecular flexibility index (Phi) is 5.47. The Bertz CT molecular complexity index is 410. The molecule has 0 radical (unpaired) electrons. The van der Waals surface area contributed by atoms with E-state index in [0.29, 0.717) is 5.41 Å². The number of aliphatic imine (C=N–C) groups is 1. The van der Waals surface area contributed by atoms with Crippen LogP contribution >= 0.6 is 0 Å². The topological polar surface area (TPSA) is 50.6 Å². The van der Waals surface area contributed by atoms with E-state index in [0.717, 1.165) is 38.6 Å². The maximum absolute atomic E-state index is 5.18. The molecule has 0 bridgehead atoms. The van der Waals surface area contributed by atoms with E-state index < -0.39 is 0 Å². The molecule has 1 heterocycles. The zero-order valence-corrected chi connectivity index (χ0v) is 12.6. The van der Waals surface area contributed by atoms with Crippen LogP contribution in [0.15, 0.2) is 29.5 Å². The van der Waals surface area contributed by atoms with Crippen molar-refractivity contribution in [1.29, 1.82) is 0 Å². The molecule has 1 aromatic rings. The van der Waals surface area contributed by atoms with Crippen molar-refractivity contribution >= 4 is 5.96 Å². The molecule has 0 unspecified atom stereocenters. The Hall–Kier alpha value is -1.49. The smallest absolute Gasteiger partial charge is 0.191 e. The molecule has 5 heteroatoms. The maximum Gasteiger partial charge on any atom is 0.191 e. The third kappa shape index (κ3) is 4.56. The largest absolute Gasteiger partial charge is 0.385 e. The second-order valence-corrected chi connectivity index (χ2v) is 5.52. The predicted molar refractivity (Wildman–Crippen MR) is 82.0 cm³/mol. The number of methoxy groups -OCH3 is 1. The van der Waals surface area contributed by atoms with Crippen molar-refractivity contribution in [2.24, 2.45) is 10.4 Å². The molecule has 0 aliphatic heterocycles. The monoisotopic (exact) mass is 278 g/mol. The standard InChI is InChI=1S/C15H26N4O/c1-16-14(17-8-11-19-9-3-4-10-19)18-13-15(5-6-15)7-12-20-2/h3-4,9-10H,5-8,11-13H2,1-2H3,(H2,16,17,18). The summed E-state index contributed by atoms with van der Waals surface area (Å²) in [6.07, 6.45) is 7.87. The molecule has 0 atom stereocenters. The summed E-state index contributed by atoms with van der Waals surface area (Å²) in [5.41, 5.74) is 0.439. The van der Waals surface area contributed by atoms with Crippen LogP contribution in [0.2, 0.25) is 0 Å². The van der Waals surface area contributed by atoms with Gasteiger partial charge in [0.05, 0.1) is 0 Å². The van der Waals surface area contributed by atoms with Crippen LogP contribution in [0.3, 0.4) is 0 Å². The number of aromatic nitrogens is 1. The van der Waals surface area contributed by atoms with Crippen LogP contribution in [-0.4, -0.2) is 44.4 Å². The number of hydrogen-bond donors (Lipinski definition) is 2. The van der Waals surface area contributed by atoms with E-state index in [2.05, 4.69) is 32.6 Å². The molecule has 112 valence electrons. The molecule has 1 fully saturated rings. The fourth-order valence-electron chi connectivity index (χ4n) is 2.32. The van der Waals surface area contributed by atoms with Crippen LogP contribution in [0.4, 0.5) is 0 Å². The Labute approximate surface area is 121 Å². The highest BCUT2D eigenvalue weighted by atomic mass is 16.5. The van der Waals surface area contributed by atoms with E-state index in [1.165, 1.54) is 12.8 Å².